The van der Waals surface area contributed by atoms with Gasteiger partial charge >= 0.3 is 6.03 Å². The van der Waals surface area contributed by atoms with Crippen molar-refractivity contribution in [3.63, 3.8) is 0 Å². The van der Waals surface area contributed by atoms with Crippen molar-refractivity contribution in [2.45, 2.75) is 13.8 Å². The molecule has 0 aliphatic carbocycles. The number of amides is 4. The quantitative estimate of drug-likeness (QED) is 0.897. The molecule has 1 saturated heterocycles. The summed E-state index contributed by atoms with van der Waals surface area (Å²) in [4.78, 5) is 38.8. The van der Waals surface area contributed by atoms with Gasteiger partial charge in [-0.05, 0) is 36.8 Å². The Hall–Kier alpha value is -3.29. The zero-order valence-corrected chi connectivity index (χ0v) is 14.8. The number of imide groups is 1. The highest BCUT2D eigenvalue weighted by atomic mass is 19.1. The molecular weight excluding hydrogens is 356 g/mol. The summed E-state index contributed by atoms with van der Waals surface area (Å²) in [6.07, 6.45) is 0. The molecule has 6 nitrogen and oxygen atoms in total. The number of carbonyl (C=O) groups is 3. The Bertz CT molecular complexity index is 926. The van der Waals surface area contributed by atoms with Crippen LogP contribution in [0.1, 0.15) is 22.8 Å². The molecule has 1 N–H and O–H groups in total. The zero-order valence-electron chi connectivity index (χ0n) is 14.8. The van der Waals surface area contributed by atoms with Crippen molar-refractivity contribution in [3.8, 4) is 0 Å². The Labute approximate surface area is 154 Å². The van der Waals surface area contributed by atoms with Crippen molar-refractivity contribution >= 4 is 29.2 Å². The van der Waals surface area contributed by atoms with Gasteiger partial charge in [0, 0.05) is 37.3 Å². The molecule has 0 saturated carbocycles. The van der Waals surface area contributed by atoms with Crippen LogP contribution in [0.4, 0.5) is 25.0 Å². The van der Waals surface area contributed by atoms with Crippen LogP contribution < -0.4 is 10.2 Å². The molecule has 1 aliphatic heterocycles. The smallest absolute Gasteiger partial charge is 0.322 e. The van der Waals surface area contributed by atoms with Crippen LogP contribution in [0.5, 0.6) is 0 Å². The number of benzene rings is 2. The number of rotatable bonds is 3. The summed E-state index contributed by atoms with van der Waals surface area (Å²) in [5.74, 6) is -2.71. The SMILES string of the molecule is CC(=O)N1CCN(c2cccc(NC(=O)c3cc(F)cc(F)c3)c2C)C1=O. The van der Waals surface area contributed by atoms with E-state index < -0.39 is 23.6 Å². The predicted molar refractivity (Wildman–Crippen MR) is 95.6 cm³/mol. The highest BCUT2D eigenvalue weighted by Crippen LogP contribution is 2.30. The molecule has 8 heteroatoms. The maximum atomic E-state index is 13.3. The molecule has 4 amide bonds. The minimum absolute atomic E-state index is 0.155. The summed E-state index contributed by atoms with van der Waals surface area (Å²) in [5.41, 5.74) is 1.39. The highest BCUT2D eigenvalue weighted by molar-refractivity contribution is 6.07. The van der Waals surface area contributed by atoms with Crippen molar-refractivity contribution in [3.05, 3.63) is 59.2 Å². The largest absolute Gasteiger partial charge is 0.331 e. The lowest BCUT2D eigenvalue weighted by Crippen LogP contribution is -2.35. The summed E-state index contributed by atoms with van der Waals surface area (Å²) >= 11 is 0. The van der Waals surface area contributed by atoms with Crippen LogP contribution in [-0.2, 0) is 4.79 Å². The maximum absolute atomic E-state index is 13.3. The normalized spacial score (nSPS) is 13.9. The van der Waals surface area contributed by atoms with E-state index in [9.17, 15) is 23.2 Å². The van der Waals surface area contributed by atoms with E-state index in [1.165, 1.54) is 11.8 Å². The number of nitrogens with zero attached hydrogens (tertiary/aromatic N) is 2. The minimum atomic E-state index is -0.849. The summed E-state index contributed by atoms with van der Waals surface area (Å²) in [7, 11) is 0. The van der Waals surface area contributed by atoms with Gasteiger partial charge in [-0.15, -0.1) is 0 Å². The highest BCUT2D eigenvalue weighted by Gasteiger charge is 2.33. The number of halogens is 2. The number of urea groups is 1. The topological polar surface area (TPSA) is 69.7 Å². The molecule has 0 spiro atoms. The second kappa shape index (κ2) is 7.14. The van der Waals surface area contributed by atoms with Gasteiger partial charge < -0.3 is 5.32 Å². The van der Waals surface area contributed by atoms with E-state index in [-0.39, 0.29) is 18.0 Å². The monoisotopic (exact) mass is 373 g/mol. The van der Waals surface area contributed by atoms with Gasteiger partial charge in [-0.3, -0.25) is 19.4 Å². The molecule has 1 aliphatic rings. The molecule has 2 aromatic carbocycles. The number of anilines is 2. The molecule has 2 aromatic rings. The molecule has 1 fully saturated rings. The Morgan fingerprint density at radius 2 is 1.74 bits per heavy atom. The van der Waals surface area contributed by atoms with E-state index >= 15 is 0 Å². The summed E-state index contributed by atoms with van der Waals surface area (Å²) in [6.45, 7) is 3.66. The van der Waals surface area contributed by atoms with E-state index in [1.54, 1.807) is 25.1 Å². The van der Waals surface area contributed by atoms with Crippen molar-refractivity contribution < 1.29 is 23.2 Å². The molecule has 140 valence electrons. The Morgan fingerprint density at radius 3 is 2.33 bits per heavy atom. The summed E-state index contributed by atoms with van der Waals surface area (Å²) < 4.78 is 26.6. The molecule has 0 aromatic heterocycles. The van der Waals surface area contributed by atoms with Crippen LogP contribution in [0, 0.1) is 18.6 Å². The molecule has 3 rings (SSSR count). The fourth-order valence-corrected chi connectivity index (χ4v) is 2.98. The third-order valence-electron chi connectivity index (χ3n) is 4.36. The number of hydrogen-bond acceptors (Lipinski definition) is 3. The third-order valence-corrected chi connectivity index (χ3v) is 4.36. The first kappa shape index (κ1) is 18.5. The van der Waals surface area contributed by atoms with E-state index in [0.29, 0.717) is 29.5 Å². The Balaban J connectivity index is 1.86. The van der Waals surface area contributed by atoms with Gasteiger partial charge in [0.1, 0.15) is 11.6 Å². The van der Waals surface area contributed by atoms with Crippen LogP contribution >= 0.6 is 0 Å². The number of nitrogens with one attached hydrogen (secondary N) is 1. The molecule has 27 heavy (non-hydrogen) atoms. The first-order valence-electron chi connectivity index (χ1n) is 8.24. The van der Waals surface area contributed by atoms with Crippen LogP contribution in [0.25, 0.3) is 0 Å². The van der Waals surface area contributed by atoms with Gasteiger partial charge in [-0.1, -0.05) is 6.07 Å². The Kier molecular flexibility index (Phi) is 4.89. The second-order valence-electron chi connectivity index (χ2n) is 6.17. The fourth-order valence-electron chi connectivity index (χ4n) is 2.98. The van der Waals surface area contributed by atoms with Gasteiger partial charge in [0.15, 0.2) is 0 Å². The van der Waals surface area contributed by atoms with Crippen LogP contribution in [0.3, 0.4) is 0 Å². The van der Waals surface area contributed by atoms with Crippen LogP contribution in [0.15, 0.2) is 36.4 Å². The lowest BCUT2D eigenvalue weighted by atomic mass is 10.1. The van der Waals surface area contributed by atoms with Gasteiger partial charge in [0.05, 0.1) is 5.69 Å². The van der Waals surface area contributed by atoms with Crippen LogP contribution in [0.2, 0.25) is 0 Å². The summed E-state index contributed by atoms with van der Waals surface area (Å²) in [5, 5.41) is 2.60. The van der Waals surface area contributed by atoms with Crippen LogP contribution in [-0.4, -0.2) is 35.8 Å². The first-order valence-corrected chi connectivity index (χ1v) is 8.24. The van der Waals surface area contributed by atoms with Gasteiger partial charge in [0.2, 0.25) is 5.91 Å². The van der Waals surface area contributed by atoms with Crippen molar-refractivity contribution in [1.82, 2.24) is 4.90 Å². The van der Waals surface area contributed by atoms with Gasteiger partial charge in [0.25, 0.3) is 5.91 Å². The number of hydrogen-bond donors (Lipinski definition) is 1. The van der Waals surface area contributed by atoms with Gasteiger partial charge in [-0.25, -0.2) is 13.6 Å². The average molecular weight is 373 g/mol. The average Bonchev–Trinajstić information content (AvgIpc) is 2.97. The van der Waals surface area contributed by atoms with Crippen molar-refractivity contribution in [2.24, 2.45) is 0 Å². The molecule has 1 heterocycles. The molecule has 0 radical (unpaired) electrons. The van der Waals surface area contributed by atoms with Gasteiger partial charge in [-0.2, -0.15) is 0 Å². The molecule has 0 atom stereocenters. The molecule has 0 bridgehead atoms. The van der Waals surface area contributed by atoms with E-state index in [1.807, 2.05) is 0 Å². The lowest BCUT2D eigenvalue weighted by molar-refractivity contribution is -0.125. The molecule has 0 unspecified atom stereocenters. The van der Waals surface area contributed by atoms with E-state index in [4.69, 9.17) is 0 Å². The van der Waals surface area contributed by atoms with E-state index in [0.717, 1.165) is 17.0 Å². The first-order chi connectivity index (χ1) is 12.8. The second-order valence-corrected chi connectivity index (χ2v) is 6.17. The van der Waals surface area contributed by atoms with E-state index in [2.05, 4.69) is 5.32 Å². The lowest BCUT2D eigenvalue weighted by Gasteiger charge is -2.20. The zero-order chi connectivity index (χ0) is 19.7. The minimum Gasteiger partial charge on any atom is -0.322 e. The van der Waals surface area contributed by atoms with Crippen molar-refractivity contribution in [1.29, 1.82) is 0 Å². The standard InChI is InChI=1S/C19H17F2N3O3/c1-11-16(22-18(26)13-8-14(20)10-15(21)9-13)4-3-5-17(11)24-7-6-23(12(2)25)19(24)27/h3-5,8-10H,6-7H2,1-2H3,(H,22,26). The summed E-state index contributed by atoms with van der Waals surface area (Å²) in [6, 6.07) is 7.10. The maximum Gasteiger partial charge on any atom is 0.331 e. The third kappa shape index (κ3) is 3.64. The Morgan fingerprint density at radius 1 is 1.07 bits per heavy atom. The number of carbonyl (C=O) groups excluding carboxylic acids is 3. The predicted octanol–water partition coefficient (Wildman–Crippen LogP) is 3.31. The fraction of sp³-hybridized carbons (Fsp3) is 0.211. The van der Waals surface area contributed by atoms with Crippen molar-refractivity contribution in [2.75, 3.05) is 23.3 Å². The molecular formula is C19H17F2N3O3.